The average molecular weight is 328 g/mol. The quantitative estimate of drug-likeness (QED) is 0.875. The first-order valence-electron chi connectivity index (χ1n) is 8.06. The Morgan fingerprint density at radius 3 is 2.67 bits per heavy atom. The van der Waals surface area contributed by atoms with E-state index in [1.54, 1.807) is 0 Å². The molecule has 126 valence electrons. The number of carbonyl (C=O) groups excluding carboxylic acids is 1. The zero-order valence-corrected chi connectivity index (χ0v) is 13.7. The van der Waals surface area contributed by atoms with Gasteiger partial charge in [-0.1, -0.05) is 18.2 Å². The zero-order valence-electron chi connectivity index (χ0n) is 13.7. The molecule has 1 aromatic heterocycles. The van der Waals surface area contributed by atoms with Crippen LogP contribution < -0.4 is 10.2 Å². The Bertz CT molecular complexity index is 714. The van der Waals surface area contributed by atoms with Gasteiger partial charge in [0.1, 0.15) is 0 Å². The van der Waals surface area contributed by atoms with Crippen LogP contribution in [0, 0.1) is 12.9 Å². The molecule has 1 aliphatic rings. The summed E-state index contributed by atoms with van der Waals surface area (Å²) in [7, 11) is 0. The maximum atomic E-state index is 13.2. The molecule has 1 fully saturated rings. The van der Waals surface area contributed by atoms with Crippen molar-refractivity contribution < 1.29 is 9.18 Å². The van der Waals surface area contributed by atoms with Crippen molar-refractivity contribution in [2.75, 3.05) is 42.9 Å². The number of nitrogens with one attached hydrogen (secondary N) is 1. The second-order valence-corrected chi connectivity index (χ2v) is 5.96. The molecule has 1 amide bonds. The number of amides is 1. The third-order valence-corrected chi connectivity index (χ3v) is 4.23. The predicted octanol–water partition coefficient (Wildman–Crippen LogP) is 2.29. The van der Waals surface area contributed by atoms with Crippen LogP contribution in [0.3, 0.4) is 0 Å². The highest BCUT2D eigenvalue weighted by molar-refractivity contribution is 5.92. The van der Waals surface area contributed by atoms with Gasteiger partial charge in [-0.05, 0) is 24.6 Å². The molecule has 0 atom stereocenters. The summed E-state index contributed by atoms with van der Waals surface area (Å²) in [5, 5.41) is 2.96. The van der Waals surface area contributed by atoms with E-state index >= 15 is 0 Å². The van der Waals surface area contributed by atoms with Gasteiger partial charge < -0.3 is 10.2 Å². The van der Waals surface area contributed by atoms with Crippen LogP contribution in [0.15, 0.2) is 42.6 Å². The Morgan fingerprint density at radius 1 is 1.21 bits per heavy atom. The fraction of sp³-hybridized carbons (Fsp3) is 0.333. The van der Waals surface area contributed by atoms with Crippen molar-refractivity contribution >= 4 is 17.3 Å². The number of piperazine rings is 1. The summed E-state index contributed by atoms with van der Waals surface area (Å²) in [6.07, 6.45) is 1.48. The SMILES string of the molecule is Cc1ccccc1NC(=O)CN1CCN(c2ccnc(F)c2)CC1. The topological polar surface area (TPSA) is 48.5 Å². The lowest BCUT2D eigenvalue weighted by Crippen LogP contribution is -2.48. The van der Waals surface area contributed by atoms with Gasteiger partial charge in [0.15, 0.2) is 0 Å². The molecule has 3 rings (SSSR count). The van der Waals surface area contributed by atoms with Gasteiger partial charge in [-0.15, -0.1) is 0 Å². The second-order valence-electron chi connectivity index (χ2n) is 5.96. The van der Waals surface area contributed by atoms with Gasteiger partial charge in [0, 0.05) is 49.8 Å². The molecule has 0 saturated carbocycles. The molecule has 0 aliphatic carbocycles. The number of halogens is 1. The van der Waals surface area contributed by atoms with E-state index in [0.29, 0.717) is 6.54 Å². The molecule has 0 unspecified atom stereocenters. The minimum Gasteiger partial charge on any atom is -0.369 e. The Hall–Kier alpha value is -2.47. The number of anilines is 2. The van der Waals surface area contributed by atoms with Gasteiger partial charge in [0.2, 0.25) is 11.9 Å². The maximum absolute atomic E-state index is 13.2. The Kier molecular flexibility index (Phi) is 5.05. The van der Waals surface area contributed by atoms with E-state index in [2.05, 4.69) is 20.1 Å². The molecule has 6 heteroatoms. The van der Waals surface area contributed by atoms with E-state index in [0.717, 1.165) is 43.1 Å². The van der Waals surface area contributed by atoms with Gasteiger partial charge in [-0.2, -0.15) is 4.39 Å². The van der Waals surface area contributed by atoms with Crippen molar-refractivity contribution in [1.82, 2.24) is 9.88 Å². The molecule has 1 aliphatic heterocycles. The third kappa shape index (κ3) is 4.08. The summed E-state index contributed by atoms with van der Waals surface area (Å²) in [5.74, 6) is -0.472. The lowest BCUT2D eigenvalue weighted by molar-refractivity contribution is -0.117. The average Bonchev–Trinajstić information content (AvgIpc) is 2.58. The van der Waals surface area contributed by atoms with Crippen molar-refractivity contribution in [3.05, 3.63) is 54.1 Å². The molecule has 2 heterocycles. The summed E-state index contributed by atoms with van der Waals surface area (Å²) < 4.78 is 13.2. The third-order valence-electron chi connectivity index (χ3n) is 4.23. The number of benzene rings is 1. The lowest BCUT2D eigenvalue weighted by atomic mass is 10.2. The largest absolute Gasteiger partial charge is 0.369 e. The van der Waals surface area contributed by atoms with Crippen molar-refractivity contribution in [1.29, 1.82) is 0 Å². The van der Waals surface area contributed by atoms with Gasteiger partial charge in [-0.25, -0.2) is 4.98 Å². The molecule has 1 saturated heterocycles. The molecular weight excluding hydrogens is 307 g/mol. The normalized spacial score (nSPS) is 15.3. The molecule has 0 bridgehead atoms. The number of carbonyl (C=O) groups is 1. The minimum atomic E-state index is -0.465. The highest BCUT2D eigenvalue weighted by Crippen LogP contribution is 2.17. The number of hydrogen-bond donors (Lipinski definition) is 1. The van der Waals surface area contributed by atoms with Crippen LogP contribution in [-0.2, 0) is 4.79 Å². The predicted molar refractivity (Wildman–Crippen MR) is 92.7 cm³/mol. The summed E-state index contributed by atoms with van der Waals surface area (Å²) in [6.45, 7) is 5.41. The number of rotatable bonds is 4. The smallest absolute Gasteiger partial charge is 0.238 e. The van der Waals surface area contributed by atoms with Crippen molar-refractivity contribution in [2.24, 2.45) is 0 Å². The van der Waals surface area contributed by atoms with Crippen molar-refractivity contribution in [3.8, 4) is 0 Å². The van der Waals surface area contributed by atoms with Gasteiger partial charge in [0.25, 0.3) is 0 Å². The fourth-order valence-electron chi connectivity index (χ4n) is 2.86. The molecule has 0 radical (unpaired) electrons. The highest BCUT2D eigenvalue weighted by atomic mass is 19.1. The molecule has 1 N–H and O–H groups in total. The van der Waals surface area contributed by atoms with Crippen LogP contribution in [-0.4, -0.2) is 48.5 Å². The fourth-order valence-corrected chi connectivity index (χ4v) is 2.86. The monoisotopic (exact) mass is 328 g/mol. The second kappa shape index (κ2) is 7.40. The first-order chi connectivity index (χ1) is 11.6. The van der Waals surface area contributed by atoms with Crippen LogP contribution in [0.2, 0.25) is 0 Å². The first kappa shape index (κ1) is 16.4. The molecule has 2 aromatic rings. The molecule has 5 nitrogen and oxygen atoms in total. The van der Waals surface area contributed by atoms with E-state index in [9.17, 15) is 9.18 Å². The molecule has 0 spiro atoms. The number of hydrogen-bond acceptors (Lipinski definition) is 4. The number of pyridine rings is 1. The van der Waals surface area contributed by atoms with Gasteiger partial charge in [0.05, 0.1) is 6.54 Å². The first-order valence-corrected chi connectivity index (χ1v) is 8.06. The Labute approximate surface area is 141 Å². The highest BCUT2D eigenvalue weighted by Gasteiger charge is 2.19. The van der Waals surface area contributed by atoms with Crippen LogP contribution in [0.4, 0.5) is 15.8 Å². The molecule has 1 aromatic carbocycles. The Balaban J connectivity index is 1.50. The Morgan fingerprint density at radius 2 is 1.96 bits per heavy atom. The van der Waals surface area contributed by atoms with Crippen LogP contribution in [0.5, 0.6) is 0 Å². The van der Waals surface area contributed by atoms with Crippen LogP contribution >= 0.6 is 0 Å². The van der Waals surface area contributed by atoms with Crippen LogP contribution in [0.25, 0.3) is 0 Å². The summed E-state index contributed by atoms with van der Waals surface area (Å²) in [4.78, 5) is 20.0. The van der Waals surface area contributed by atoms with E-state index in [1.165, 1.54) is 12.3 Å². The molecular formula is C18H21FN4O. The number of nitrogens with zero attached hydrogens (tertiary/aromatic N) is 3. The summed E-state index contributed by atoms with van der Waals surface area (Å²) in [5.41, 5.74) is 2.75. The molecule has 24 heavy (non-hydrogen) atoms. The number of aryl methyl sites for hydroxylation is 1. The van der Waals surface area contributed by atoms with E-state index in [4.69, 9.17) is 0 Å². The summed E-state index contributed by atoms with van der Waals surface area (Å²) in [6, 6.07) is 11.0. The van der Waals surface area contributed by atoms with Crippen LogP contribution in [0.1, 0.15) is 5.56 Å². The van der Waals surface area contributed by atoms with Gasteiger partial charge >= 0.3 is 0 Å². The van der Waals surface area contributed by atoms with Crippen molar-refractivity contribution in [3.63, 3.8) is 0 Å². The number of para-hydroxylation sites is 1. The number of aromatic nitrogens is 1. The lowest BCUT2D eigenvalue weighted by Gasteiger charge is -2.35. The van der Waals surface area contributed by atoms with E-state index in [-0.39, 0.29) is 5.91 Å². The zero-order chi connectivity index (χ0) is 16.9. The van der Waals surface area contributed by atoms with E-state index < -0.39 is 5.95 Å². The van der Waals surface area contributed by atoms with Gasteiger partial charge in [-0.3, -0.25) is 9.69 Å². The standard InChI is InChI=1S/C18H21FN4O/c1-14-4-2-3-5-16(14)21-18(24)13-22-8-10-23(11-9-22)15-6-7-20-17(19)12-15/h2-7,12H,8-11,13H2,1H3,(H,21,24). The minimum absolute atomic E-state index is 0.00675. The van der Waals surface area contributed by atoms with E-state index in [1.807, 2.05) is 37.3 Å². The summed E-state index contributed by atoms with van der Waals surface area (Å²) >= 11 is 0. The van der Waals surface area contributed by atoms with Crippen molar-refractivity contribution in [2.45, 2.75) is 6.92 Å². The maximum Gasteiger partial charge on any atom is 0.238 e.